The Morgan fingerprint density at radius 2 is 2.09 bits per heavy atom. The molecule has 0 unspecified atom stereocenters. The summed E-state index contributed by atoms with van der Waals surface area (Å²) < 4.78 is 11.6. The Hall–Kier alpha value is -2.37. The van der Waals surface area contributed by atoms with Gasteiger partial charge in [-0.15, -0.1) is 11.3 Å². The van der Waals surface area contributed by atoms with Gasteiger partial charge in [-0.3, -0.25) is 4.79 Å². The molecule has 44 heavy (non-hydrogen) atoms. The SMILES string of the molecule is CCc1cccc(-c2c(Cl)cccc2[C@@](O)(CCCCOC)[C@H]2CN(C(=O)[C@@H]3C[C@H](O)[C@H](NCc4nccs4)C3)CCO2)c1. The molecular weight excluding hydrogens is 598 g/mol. The number of aryl methyl sites for hydroxylation is 1. The van der Waals surface area contributed by atoms with Crippen molar-refractivity contribution in [3.63, 3.8) is 0 Å². The number of rotatable bonds is 13. The number of hydrogen-bond donors (Lipinski definition) is 3. The summed E-state index contributed by atoms with van der Waals surface area (Å²) in [6.07, 6.45) is 4.27. The van der Waals surface area contributed by atoms with Crippen molar-refractivity contribution in [1.29, 1.82) is 0 Å². The molecule has 1 aliphatic heterocycles. The number of morpholine rings is 1. The van der Waals surface area contributed by atoms with Gasteiger partial charge in [0.25, 0.3) is 0 Å². The van der Waals surface area contributed by atoms with E-state index in [1.54, 1.807) is 24.6 Å². The zero-order valence-electron chi connectivity index (χ0n) is 25.6. The molecule has 2 aromatic carbocycles. The van der Waals surface area contributed by atoms with Crippen LogP contribution < -0.4 is 5.32 Å². The number of nitrogens with zero attached hydrogens (tertiary/aromatic N) is 2. The van der Waals surface area contributed by atoms with Gasteiger partial charge < -0.3 is 29.9 Å². The van der Waals surface area contributed by atoms with E-state index < -0.39 is 17.8 Å². The number of unbranched alkanes of at least 4 members (excludes halogenated alkanes) is 1. The second kappa shape index (κ2) is 15.3. The Labute approximate surface area is 269 Å². The van der Waals surface area contributed by atoms with Crippen LogP contribution in [-0.4, -0.2) is 77.7 Å². The molecule has 1 aromatic heterocycles. The highest BCUT2D eigenvalue weighted by molar-refractivity contribution is 7.09. The van der Waals surface area contributed by atoms with Gasteiger partial charge in [-0.05, 0) is 61.3 Å². The van der Waals surface area contributed by atoms with Crippen LogP contribution in [0.4, 0.5) is 0 Å². The number of amides is 1. The summed E-state index contributed by atoms with van der Waals surface area (Å²) in [5.41, 5.74) is 2.22. The number of carbonyl (C=O) groups excluding carboxylic acids is 1. The molecule has 0 bridgehead atoms. The van der Waals surface area contributed by atoms with Crippen LogP contribution in [0.2, 0.25) is 5.02 Å². The maximum Gasteiger partial charge on any atom is 0.226 e. The molecule has 1 saturated heterocycles. The lowest BCUT2D eigenvalue weighted by Crippen LogP contribution is -2.55. The summed E-state index contributed by atoms with van der Waals surface area (Å²) in [5.74, 6) is -0.301. The first-order valence-electron chi connectivity index (χ1n) is 15.6. The van der Waals surface area contributed by atoms with Crippen LogP contribution in [0.3, 0.4) is 0 Å². The predicted molar refractivity (Wildman–Crippen MR) is 174 cm³/mol. The normalized spacial score (nSPS) is 23.5. The van der Waals surface area contributed by atoms with E-state index in [4.69, 9.17) is 21.1 Å². The molecule has 2 fully saturated rings. The quantitative estimate of drug-likeness (QED) is 0.221. The van der Waals surface area contributed by atoms with E-state index in [0.717, 1.165) is 29.0 Å². The third kappa shape index (κ3) is 7.53. The summed E-state index contributed by atoms with van der Waals surface area (Å²) in [7, 11) is 1.68. The molecule has 8 nitrogen and oxygen atoms in total. The van der Waals surface area contributed by atoms with Gasteiger partial charge in [0.2, 0.25) is 5.91 Å². The van der Waals surface area contributed by atoms with Crippen molar-refractivity contribution in [2.24, 2.45) is 5.92 Å². The fraction of sp³-hybridized carbons (Fsp3) is 0.529. The molecular formula is C34H44ClN3O5S. The Bertz CT molecular complexity index is 1370. The first-order valence-corrected chi connectivity index (χ1v) is 16.9. The Kier molecular flexibility index (Phi) is 11.5. The third-order valence-electron chi connectivity index (χ3n) is 9.05. The van der Waals surface area contributed by atoms with Crippen molar-refractivity contribution in [3.05, 3.63) is 75.2 Å². The van der Waals surface area contributed by atoms with Crippen LogP contribution in [0.1, 0.15) is 55.2 Å². The third-order valence-corrected chi connectivity index (χ3v) is 10.1. The van der Waals surface area contributed by atoms with Crippen LogP contribution >= 0.6 is 22.9 Å². The molecule has 10 heteroatoms. The van der Waals surface area contributed by atoms with Crippen molar-refractivity contribution in [3.8, 4) is 11.1 Å². The minimum Gasteiger partial charge on any atom is -0.391 e. The Balaban J connectivity index is 1.38. The van der Waals surface area contributed by atoms with Crippen LogP contribution in [0.5, 0.6) is 0 Å². The lowest BCUT2D eigenvalue weighted by atomic mass is 9.78. The second-order valence-electron chi connectivity index (χ2n) is 11.9. The Morgan fingerprint density at radius 1 is 1.25 bits per heavy atom. The largest absolute Gasteiger partial charge is 0.391 e. The van der Waals surface area contributed by atoms with Crippen molar-refractivity contribution >= 4 is 28.8 Å². The zero-order valence-corrected chi connectivity index (χ0v) is 27.2. The van der Waals surface area contributed by atoms with Gasteiger partial charge in [-0.25, -0.2) is 4.98 Å². The number of aliphatic hydroxyl groups excluding tert-OH is 1. The maximum absolute atomic E-state index is 13.8. The zero-order chi connectivity index (χ0) is 31.1. The number of aliphatic hydroxyl groups is 2. The maximum atomic E-state index is 13.8. The molecule has 1 saturated carbocycles. The number of carbonyl (C=O) groups is 1. The van der Waals surface area contributed by atoms with E-state index >= 15 is 0 Å². The minimum absolute atomic E-state index is 0.000374. The summed E-state index contributed by atoms with van der Waals surface area (Å²) in [5, 5.41) is 30.3. The monoisotopic (exact) mass is 641 g/mol. The molecule has 2 aliphatic rings. The number of halogens is 1. The number of aromatic nitrogens is 1. The van der Waals surface area contributed by atoms with Gasteiger partial charge in [0.1, 0.15) is 16.7 Å². The van der Waals surface area contributed by atoms with Crippen molar-refractivity contribution in [2.75, 3.05) is 33.4 Å². The predicted octanol–water partition coefficient (Wildman–Crippen LogP) is 5.19. The molecule has 5 atom stereocenters. The van der Waals surface area contributed by atoms with E-state index in [2.05, 4.69) is 29.4 Å². The average molecular weight is 642 g/mol. The van der Waals surface area contributed by atoms with E-state index in [9.17, 15) is 15.0 Å². The average Bonchev–Trinajstić information content (AvgIpc) is 3.71. The van der Waals surface area contributed by atoms with Gasteiger partial charge in [0.05, 0.1) is 19.3 Å². The van der Waals surface area contributed by atoms with E-state index in [1.807, 2.05) is 40.6 Å². The van der Waals surface area contributed by atoms with E-state index in [0.29, 0.717) is 62.6 Å². The number of ether oxygens (including phenoxy) is 2. The van der Waals surface area contributed by atoms with Gasteiger partial charge in [-0.2, -0.15) is 0 Å². The Morgan fingerprint density at radius 3 is 2.86 bits per heavy atom. The molecule has 1 amide bonds. The molecule has 3 N–H and O–H groups in total. The van der Waals surface area contributed by atoms with Crippen molar-refractivity contribution in [2.45, 2.75) is 75.8 Å². The number of hydrogen-bond acceptors (Lipinski definition) is 8. The van der Waals surface area contributed by atoms with Crippen LogP contribution in [-0.2, 0) is 32.8 Å². The van der Waals surface area contributed by atoms with Gasteiger partial charge in [-0.1, -0.05) is 54.9 Å². The summed E-state index contributed by atoms with van der Waals surface area (Å²) in [4.78, 5) is 20.0. The smallest absolute Gasteiger partial charge is 0.226 e. The number of methoxy groups -OCH3 is 1. The molecule has 0 spiro atoms. The van der Waals surface area contributed by atoms with Gasteiger partial charge in [0, 0.05) is 60.9 Å². The fourth-order valence-electron chi connectivity index (χ4n) is 6.63. The minimum atomic E-state index is -1.40. The number of thiazole rings is 1. The van der Waals surface area contributed by atoms with E-state index in [-0.39, 0.29) is 24.4 Å². The van der Waals surface area contributed by atoms with Crippen molar-refractivity contribution < 1.29 is 24.5 Å². The molecule has 2 heterocycles. The van der Waals surface area contributed by atoms with Crippen molar-refractivity contribution in [1.82, 2.24) is 15.2 Å². The second-order valence-corrected chi connectivity index (χ2v) is 13.3. The first-order chi connectivity index (χ1) is 21.3. The standard InChI is InChI=1S/C34H44ClN3O5S/c1-3-23-8-6-9-24(18-23)32-26(10-7-11-27(32)35)34(41,12-4-5-15-42-2)30-22-38(14-16-43-30)33(40)25-19-28(29(39)20-25)37-21-31-36-13-17-44-31/h6-11,13,17-18,25,28-30,37,39,41H,3-5,12,14-16,19-22H2,1-2H3/t25-,28+,29-,30+,34-/m0/s1. The molecule has 5 rings (SSSR count). The number of benzene rings is 2. The molecule has 1 aliphatic carbocycles. The van der Waals surface area contributed by atoms with E-state index in [1.165, 1.54) is 5.56 Å². The van der Waals surface area contributed by atoms with Crippen LogP contribution in [0.25, 0.3) is 11.1 Å². The first kappa shape index (κ1) is 33.0. The van der Waals surface area contributed by atoms with Gasteiger partial charge >= 0.3 is 0 Å². The molecule has 0 radical (unpaired) electrons. The topological polar surface area (TPSA) is 104 Å². The summed E-state index contributed by atoms with van der Waals surface area (Å²) >= 11 is 8.43. The fourth-order valence-corrected chi connectivity index (χ4v) is 7.48. The van der Waals surface area contributed by atoms with Gasteiger partial charge in [0.15, 0.2) is 0 Å². The lowest BCUT2D eigenvalue weighted by Gasteiger charge is -2.44. The van der Waals surface area contributed by atoms with Crippen LogP contribution in [0, 0.1) is 5.92 Å². The summed E-state index contributed by atoms with van der Waals surface area (Å²) in [6.45, 7) is 4.29. The highest BCUT2D eigenvalue weighted by Crippen LogP contribution is 2.43. The molecule has 238 valence electrons. The lowest BCUT2D eigenvalue weighted by molar-refractivity contribution is -0.167. The number of nitrogens with one attached hydrogen (secondary N) is 1. The summed E-state index contributed by atoms with van der Waals surface area (Å²) in [6, 6.07) is 13.7. The van der Waals surface area contributed by atoms with Crippen LogP contribution in [0.15, 0.2) is 54.0 Å². The molecule has 3 aromatic rings. The highest BCUT2D eigenvalue weighted by atomic mass is 35.5. The highest BCUT2D eigenvalue weighted by Gasteiger charge is 2.46.